The van der Waals surface area contributed by atoms with Gasteiger partial charge in [0.05, 0.1) is 14.2 Å². The van der Waals surface area contributed by atoms with E-state index in [2.05, 4.69) is 10.6 Å². The van der Waals surface area contributed by atoms with Crippen LogP contribution in [0.15, 0.2) is 48.5 Å². The summed E-state index contributed by atoms with van der Waals surface area (Å²) in [6.07, 6.45) is -0.585. The number of ether oxygens (including phenoxy) is 4. The molecule has 0 aliphatic heterocycles. The van der Waals surface area contributed by atoms with Gasteiger partial charge in [-0.2, -0.15) is 0 Å². The number of hydrogen-bond donors (Lipinski definition) is 2. The Morgan fingerprint density at radius 3 is 1.47 bits per heavy atom. The quantitative estimate of drug-likeness (QED) is 0.452. The van der Waals surface area contributed by atoms with Gasteiger partial charge >= 0.3 is 11.8 Å². The minimum Gasteiger partial charge on any atom is -0.497 e. The van der Waals surface area contributed by atoms with Crippen LogP contribution in [-0.4, -0.2) is 52.7 Å². The maximum absolute atomic E-state index is 12.3. The molecule has 2 aromatic carbocycles. The average Bonchev–Trinajstić information content (AvgIpc) is 2.78. The Labute approximate surface area is 176 Å². The fourth-order valence-corrected chi connectivity index (χ4v) is 2.84. The molecule has 8 nitrogen and oxygen atoms in total. The van der Waals surface area contributed by atoms with Crippen LogP contribution in [0.25, 0.3) is 0 Å². The van der Waals surface area contributed by atoms with E-state index in [-0.39, 0.29) is 0 Å². The Hall–Kier alpha value is -3.10. The lowest BCUT2D eigenvalue weighted by Gasteiger charge is -2.20. The van der Waals surface area contributed by atoms with Crippen molar-refractivity contribution in [2.24, 2.45) is 0 Å². The van der Waals surface area contributed by atoms with Gasteiger partial charge in [0, 0.05) is 27.1 Å². The van der Waals surface area contributed by atoms with E-state index in [0.717, 1.165) is 11.1 Å². The minimum absolute atomic E-state index is 0.379. The number of methoxy groups -OCH3 is 4. The van der Waals surface area contributed by atoms with Crippen LogP contribution in [-0.2, 0) is 31.9 Å². The summed E-state index contributed by atoms with van der Waals surface area (Å²) in [6.45, 7) is 0. The monoisotopic (exact) mass is 416 g/mol. The van der Waals surface area contributed by atoms with Crippen LogP contribution in [0.2, 0.25) is 0 Å². The zero-order valence-electron chi connectivity index (χ0n) is 17.6. The van der Waals surface area contributed by atoms with E-state index in [1.165, 1.54) is 14.2 Å². The lowest BCUT2D eigenvalue weighted by Crippen LogP contribution is -2.49. The Morgan fingerprint density at radius 1 is 0.733 bits per heavy atom. The molecule has 0 radical (unpaired) electrons. The van der Waals surface area contributed by atoms with E-state index in [1.807, 2.05) is 48.5 Å². The molecule has 0 saturated heterocycles. The molecule has 0 fully saturated rings. The molecule has 30 heavy (non-hydrogen) atoms. The fourth-order valence-electron chi connectivity index (χ4n) is 2.84. The van der Waals surface area contributed by atoms with Crippen molar-refractivity contribution >= 4 is 11.8 Å². The van der Waals surface area contributed by atoms with Crippen molar-refractivity contribution in [1.82, 2.24) is 10.6 Å². The molecule has 2 unspecified atom stereocenters. The molecule has 8 heteroatoms. The molecule has 0 aliphatic carbocycles. The minimum atomic E-state index is -0.808. The smallest absolute Gasteiger partial charge is 0.311 e. The first-order chi connectivity index (χ1) is 14.5. The normalized spacial score (nSPS) is 12.5. The molecule has 2 N–H and O–H groups in total. The highest BCUT2D eigenvalue weighted by atomic mass is 16.5. The van der Waals surface area contributed by atoms with Crippen molar-refractivity contribution in [2.75, 3.05) is 28.4 Å². The standard InChI is InChI=1S/C22H28N2O6/c1-27-17-9-5-7-15(11-17)13-19(29-3)23-21(25)22(26)24-20(30-4)14-16-8-6-10-18(12-16)28-2/h5-12,19-20H,13-14H2,1-4H3,(H,23,25)(H,24,26). The molecule has 2 rings (SSSR count). The van der Waals surface area contributed by atoms with E-state index in [1.54, 1.807) is 14.2 Å². The number of carbonyl (C=O) groups excluding carboxylic acids is 2. The van der Waals surface area contributed by atoms with Gasteiger partial charge in [-0.05, 0) is 35.4 Å². The van der Waals surface area contributed by atoms with Gasteiger partial charge in [0.2, 0.25) is 0 Å². The summed E-state index contributed by atoms with van der Waals surface area (Å²) < 4.78 is 21.0. The van der Waals surface area contributed by atoms with Gasteiger partial charge in [0.25, 0.3) is 0 Å². The number of hydrogen-bond acceptors (Lipinski definition) is 6. The topological polar surface area (TPSA) is 95.1 Å². The van der Waals surface area contributed by atoms with Crippen LogP contribution in [0.4, 0.5) is 0 Å². The van der Waals surface area contributed by atoms with E-state index in [4.69, 9.17) is 18.9 Å². The van der Waals surface area contributed by atoms with Gasteiger partial charge in [0.1, 0.15) is 24.0 Å². The molecule has 0 spiro atoms. The Morgan fingerprint density at radius 2 is 1.13 bits per heavy atom. The molecular formula is C22H28N2O6. The van der Waals surface area contributed by atoms with Crippen LogP contribution in [0.1, 0.15) is 11.1 Å². The molecule has 2 atom stereocenters. The summed E-state index contributed by atoms with van der Waals surface area (Å²) in [6, 6.07) is 14.8. The lowest BCUT2D eigenvalue weighted by molar-refractivity contribution is -0.143. The average molecular weight is 416 g/mol. The molecule has 0 heterocycles. The maximum Gasteiger partial charge on any atom is 0.311 e. The van der Waals surface area contributed by atoms with Crippen molar-refractivity contribution in [1.29, 1.82) is 0 Å². The van der Waals surface area contributed by atoms with Gasteiger partial charge < -0.3 is 29.6 Å². The summed E-state index contributed by atoms with van der Waals surface area (Å²) in [4.78, 5) is 24.7. The van der Waals surface area contributed by atoms with Gasteiger partial charge in [-0.25, -0.2) is 0 Å². The molecular weight excluding hydrogens is 388 g/mol. The predicted molar refractivity (Wildman–Crippen MR) is 111 cm³/mol. The summed E-state index contributed by atoms with van der Waals surface area (Å²) in [5.74, 6) is -0.214. The number of carbonyl (C=O) groups is 2. The maximum atomic E-state index is 12.3. The van der Waals surface area contributed by atoms with Crippen molar-refractivity contribution in [3.63, 3.8) is 0 Å². The molecule has 162 valence electrons. The summed E-state index contributed by atoms with van der Waals surface area (Å²) in [5.41, 5.74) is 1.80. The number of amides is 2. The van der Waals surface area contributed by atoms with Crippen molar-refractivity contribution in [3.05, 3.63) is 59.7 Å². The largest absolute Gasteiger partial charge is 0.497 e. The van der Waals surface area contributed by atoms with E-state index < -0.39 is 24.3 Å². The van der Waals surface area contributed by atoms with Gasteiger partial charge in [-0.15, -0.1) is 0 Å². The van der Waals surface area contributed by atoms with Crippen LogP contribution in [0.3, 0.4) is 0 Å². The van der Waals surface area contributed by atoms with Crippen molar-refractivity contribution < 1.29 is 28.5 Å². The van der Waals surface area contributed by atoms with Crippen molar-refractivity contribution in [2.45, 2.75) is 25.3 Å². The number of benzene rings is 2. The van der Waals surface area contributed by atoms with Crippen molar-refractivity contribution in [3.8, 4) is 11.5 Å². The highest BCUT2D eigenvalue weighted by Crippen LogP contribution is 2.15. The first-order valence-corrected chi connectivity index (χ1v) is 9.41. The molecule has 2 amide bonds. The van der Waals surface area contributed by atoms with E-state index in [9.17, 15) is 9.59 Å². The van der Waals surface area contributed by atoms with Crippen LogP contribution in [0.5, 0.6) is 11.5 Å². The lowest BCUT2D eigenvalue weighted by atomic mass is 10.1. The first kappa shape index (κ1) is 23.2. The second kappa shape index (κ2) is 11.8. The molecule has 0 aromatic heterocycles. The Bertz CT molecular complexity index is 772. The summed E-state index contributed by atoms with van der Waals surface area (Å²) in [5, 5.41) is 5.15. The SMILES string of the molecule is COc1cccc(CC(NC(=O)C(=O)NC(Cc2cccc(OC)c2)OC)OC)c1. The highest BCUT2D eigenvalue weighted by molar-refractivity contribution is 6.35. The second-order valence-corrected chi connectivity index (χ2v) is 6.51. The number of rotatable bonds is 10. The van der Waals surface area contributed by atoms with E-state index >= 15 is 0 Å². The van der Waals surface area contributed by atoms with Crippen LogP contribution < -0.4 is 20.1 Å². The molecule has 2 aromatic rings. The molecule has 0 saturated carbocycles. The van der Waals surface area contributed by atoms with Gasteiger partial charge in [-0.3, -0.25) is 9.59 Å². The van der Waals surface area contributed by atoms with E-state index in [0.29, 0.717) is 24.3 Å². The zero-order chi connectivity index (χ0) is 21.9. The summed E-state index contributed by atoms with van der Waals surface area (Å²) >= 11 is 0. The fraction of sp³-hybridized carbons (Fsp3) is 0.364. The van der Waals surface area contributed by atoms with Crippen LogP contribution in [0, 0.1) is 0 Å². The van der Waals surface area contributed by atoms with Gasteiger partial charge in [-0.1, -0.05) is 24.3 Å². The first-order valence-electron chi connectivity index (χ1n) is 9.41. The van der Waals surface area contributed by atoms with Gasteiger partial charge in [0.15, 0.2) is 0 Å². The third kappa shape index (κ3) is 7.06. The third-order valence-electron chi connectivity index (χ3n) is 4.47. The second-order valence-electron chi connectivity index (χ2n) is 6.51. The molecule has 0 aliphatic rings. The summed E-state index contributed by atoms with van der Waals surface area (Å²) in [7, 11) is 6.08. The molecule has 0 bridgehead atoms. The zero-order valence-corrected chi connectivity index (χ0v) is 17.6. The predicted octanol–water partition coefficient (Wildman–Crippen LogP) is 1.67. The number of nitrogens with one attached hydrogen (secondary N) is 2. The Balaban J connectivity index is 1.92. The third-order valence-corrected chi connectivity index (χ3v) is 4.47. The Kier molecular flexibility index (Phi) is 9.11. The highest BCUT2D eigenvalue weighted by Gasteiger charge is 2.22. The van der Waals surface area contributed by atoms with Crippen LogP contribution >= 0.6 is 0 Å².